The molecule has 0 aromatic rings. The highest BCUT2D eigenvalue weighted by molar-refractivity contribution is 7.99. The third kappa shape index (κ3) is 2.90. The zero-order valence-corrected chi connectivity index (χ0v) is 10.8. The smallest absolute Gasteiger partial charge is 0.240 e. The van der Waals surface area contributed by atoms with E-state index in [0.717, 1.165) is 37.8 Å². The second kappa shape index (κ2) is 5.89. The zero-order chi connectivity index (χ0) is 11.4. The van der Waals surface area contributed by atoms with Crippen molar-refractivity contribution in [2.75, 3.05) is 44.4 Å². The van der Waals surface area contributed by atoms with Crippen LogP contribution in [0.15, 0.2) is 0 Å². The van der Waals surface area contributed by atoms with Gasteiger partial charge >= 0.3 is 0 Å². The van der Waals surface area contributed by atoms with Gasteiger partial charge in [0.15, 0.2) is 0 Å². The minimum absolute atomic E-state index is 0.0720. The molecular weight excluding hydrogens is 222 g/mol. The Morgan fingerprint density at radius 2 is 2.12 bits per heavy atom. The molecule has 1 amide bonds. The molecule has 0 aromatic carbocycles. The highest BCUT2D eigenvalue weighted by Gasteiger charge is 2.29. The molecule has 1 unspecified atom stereocenters. The van der Waals surface area contributed by atoms with Crippen molar-refractivity contribution < 1.29 is 4.79 Å². The van der Waals surface area contributed by atoms with Gasteiger partial charge < -0.3 is 4.90 Å². The summed E-state index contributed by atoms with van der Waals surface area (Å²) in [6.07, 6.45) is 1.20. The van der Waals surface area contributed by atoms with E-state index >= 15 is 0 Å². The minimum Gasteiger partial charge on any atom is -0.339 e. The van der Waals surface area contributed by atoms with Crippen molar-refractivity contribution in [3.63, 3.8) is 0 Å². The van der Waals surface area contributed by atoms with Crippen LogP contribution in [-0.2, 0) is 4.79 Å². The standard InChI is InChI=1S/C11H21N3OS/c1-2-3-13-4-6-14(7-5-13)11(15)10-8-16-9-12-10/h10,12H,2-9H2,1H3. The molecule has 0 spiro atoms. The summed E-state index contributed by atoms with van der Waals surface area (Å²) in [5, 5.41) is 3.25. The topological polar surface area (TPSA) is 35.6 Å². The highest BCUT2D eigenvalue weighted by Crippen LogP contribution is 2.13. The number of piperazine rings is 1. The number of carbonyl (C=O) groups is 1. The van der Waals surface area contributed by atoms with E-state index in [2.05, 4.69) is 17.1 Å². The van der Waals surface area contributed by atoms with E-state index < -0.39 is 0 Å². The molecule has 4 nitrogen and oxygen atoms in total. The summed E-state index contributed by atoms with van der Waals surface area (Å²) in [5.41, 5.74) is 0. The van der Waals surface area contributed by atoms with Crippen LogP contribution in [0.5, 0.6) is 0 Å². The number of carbonyl (C=O) groups excluding carboxylic acids is 1. The second-order valence-electron chi connectivity index (χ2n) is 4.44. The van der Waals surface area contributed by atoms with Gasteiger partial charge in [0, 0.05) is 37.8 Å². The lowest BCUT2D eigenvalue weighted by Gasteiger charge is -2.35. The number of rotatable bonds is 3. The number of amides is 1. The van der Waals surface area contributed by atoms with E-state index in [1.54, 1.807) is 0 Å². The van der Waals surface area contributed by atoms with Gasteiger partial charge in [-0.15, -0.1) is 11.8 Å². The van der Waals surface area contributed by atoms with E-state index in [0.29, 0.717) is 5.91 Å². The summed E-state index contributed by atoms with van der Waals surface area (Å²) in [7, 11) is 0. The molecule has 2 fully saturated rings. The summed E-state index contributed by atoms with van der Waals surface area (Å²) < 4.78 is 0. The van der Waals surface area contributed by atoms with E-state index in [4.69, 9.17) is 0 Å². The van der Waals surface area contributed by atoms with Gasteiger partial charge in [0.25, 0.3) is 0 Å². The summed E-state index contributed by atoms with van der Waals surface area (Å²) in [6, 6.07) is 0.0720. The summed E-state index contributed by atoms with van der Waals surface area (Å²) in [5.74, 6) is 2.17. The van der Waals surface area contributed by atoms with Crippen LogP contribution in [0.1, 0.15) is 13.3 Å². The Balaban J connectivity index is 1.77. The lowest BCUT2D eigenvalue weighted by atomic mass is 10.2. The molecule has 2 aliphatic rings. The zero-order valence-electron chi connectivity index (χ0n) is 9.95. The van der Waals surface area contributed by atoms with Gasteiger partial charge in [0.05, 0.1) is 6.04 Å². The molecule has 0 aromatic heterocycles. The summed E-state index contributed by atoms with van der Waals surface area (Å²) in [6.45, 7) is 7.26. The van der Waals surface area contributed by atoms with E-state index in [1.165, 1.54) is 13.0 Å². The number of thioether (sulfide) groups is 1. The first kappa shape index (κ1) is 12.2. The third-order valence-electron chi connectivity index (χ3n) is 3.24. The van der Waals surface area contributed by atoms with Crippen molar-refractivity contribution in [2.45, 2.75) is 19.4 Å². The average Bonchev–Trinajstić information content (AvgIpc) is 2.83. The number of hydrogen-bond acceptors (Lipinski definition) is 4. The quantitative estimate of drug-likeness (QED) is 0.768. The third-order valence-corrected chi connectivity index (χ3v) is 4.18. The number of hydrogen-bond donors (Lipinski definition) is 1. The fourth-order valence-electron chi connectivity index (χ4n) is 2.28. The molecule has 2 heterocycles. The maximum atomic E-state index is 12.1. The number of nitrogens with zero attached hydrogens (tertiary/aromatic N) is 2. The summed E-state index contributed by atoms with van der Waals surface area (Å²) >= 11 is 1.81. The van der Waals surface area contributed by atoms with Crippen molar-refractivity contribution in [1.82, 2.24) is 15.1 Å². The normalized spacial score (nSPS) is 27.3. The van der Waals surface area contributed by atoms with Crippen LogP contribution < -0.4 is 5.32 Å². The van der Waals surface area contributed by atoms with Crippen LogP contribution in [0, 0.1) is 0 Å². The fourth-order valence-corrected chi connectivity index (χ4v) is 3.22. The molecule has 0 aliphatic carbocycles. The van der Waals surface area contributed by atoms with E-state index in [-0.39, 0.29) is 6.04 Å². The van der Waals surface area contributed by atoms with Crippen molar-refractivity contribution in [2.24, 2.45) is 0 Å². The molecule has 16 heavy (non-hydrogen) atoms. The van der Waals surface area contributed by atoms with Crippen LogP contribution in [0.25, 0.3) is 0 Å². The van der Waals surface area contributed by atoms with Gasteiger partial charge in [-0.1, -0.05) is 6.92 Å². The van der Waals surface area contributed by atoms with Gasteiger partial charge in [0.2, 0.25) is 5.91 Å². The Labute approximate surface area is 102 Å². The first-order chi connectivity index (χ1) is 7.81. The summed E-state index contributed by atoms with van der Waals surface area (Å²) in [4.78, 5) is 16.6. The largest absolute Gasteiger partial charge is 0.339 e. The molecule has 5 heteroatoms. The highest BCUT2D eigenvalue weighted by atomic mass is 32.2. The van der Waals surface area contributed by atoms with Crippen molar-refractivity contribution in [3.05, 3.63) is 0 Å². The Morgan fingerprint density at radius 1 is 1.38 bits per heavy atom. The minimum atomic E-state index is 0.0720. The first-order valence-electron chi connectivity index (χ1n) is 6.13. The van der Waals surface area contributed by atoms with Gasteiger partial charge in [-0.25, -0.2) is 0 Å². The predicted octanol–water partition coefficient (Wildman–Crippen LogP) is 0.203. The molecule has 0 saturated carbocycles. The van der Waals surface area contributed by atoms with Crippen LogP contribution in [-0.4, -0.2) is 66.1 Å². The monoisotopic (exact) mass is 243 g/mol. The van der Waals surface area contributed by atoms with Crippen molar-refractivity contribution in [3.8, 4) is 0 Å². The van der Waals surface area contributed by atoms with Gasteiger partial charge in [0.1, 0.15) is 0 Å². The molecule has 0 bridgehead atoms. The molecule has 1 N–H and O–H groups in total. The second-order valence-corrected chi connectivity index (χ2v) is 5.47. The molecule has 92 valence electrons. The van der Waals surface area contributed by atoms with Crippen LogP contribution in [0.4, 0.5) is 0 Å². The first-order valence-corrected chi connectivity index (χ1v) is 7.29. The lowest BCUT2D eigenvalue weighted by molar-refractivity contribution is -0.134. The molecule has 1 atom stereocenters. The van der Waals surface area contributed by atoms with E-state index in [1.807, 2.05) is 16.7 Å². The van der Waals surface area contributed by atoms with Crippen molar-refractivity contribution >= 4 is 17.7 Å². The van der Waals surface area contributed by atoms with Gasteiger partial charge in [-0.05, 0) is 13.0 Å². The fraction of sp³-hybridized carbons (Fsp3) is 0.909. The molecule has 2 saturated heterocycles. The lowest BCUT2D eigenvalue weighted by Crippen LogP contribution is -2.53. The molecular formula is C11H21N3OS. The Kier molecular flexibility index (Phi) is 4.49. The van der Waals surface area contributed by atoms with Gasteiger partial charge in [-0.3, -0.25) is 15.0 Å². The van der Waals surface area contributed by atoms with Crippen LogP contribution in [0.2, 0.25) is 0 Å². The Bertz CT molecular complexity index is 235. The van der Waals surface area contributed by atoms with Crippen LogP contribution in [0.3, 0.4) is 0 Å². The van der Waals surface area contributed by atoms with E-state index in [9.17, 15) is 4.79 Å². The average molecular weight is 243 g/mol. The Hall–Kier alpha value is -0.260. The maximum Gasteiger partial charge on any atom is 0.240 e. The van der Waals surface area contributed by atoms with Crippen LogP contribution >= 0.6 is 11.8 Å². The predicted molar refractivity (Wildman–Crippen MR) is 67.6 cm³/mol. The number of nitrogens with one attached hydrogen (secondary N) is 1. The SMILES string of the molecule is CCCN1CCN(C(=O)C2CSCN2)CC1. The molecule has 2 rings (SSSR count). The van der Waals surface area contributed by atoms with Gasteiger partial charge in [-0.2, -0.15) is 0 Å². The molecule has 0 radical (unpaired) electrons. The molecule has 2 aliphatic heterocycles. The Morgan fingerprint density at radius 3 is 2.69 bits per heavy atom. The van der Waals surface area contributed by atoms with Crippen molar-refractivity contribution in [1.29, 1.82) is 0 Å². The maximum absolute atomic E-state index is 12.1.